The average Bonchev–Trinajstić information content (AvgIpc) is 2.81. The number of ether oxygens (including phenoxy) is 2. The lowest BCUT2D eigenvalue weighted by Gasteiger charge is -2.35. The fraction of sp³-hybridized carbons (Fsp3) is 0.261. The fourth-order valence-corrected chi connectivity index (χ4v) is 3.81. The first kappa shape index (κ1) is 18.4. The van der Waals surface area contributed by atoms with Gasteiger partial charge >= 0.3 is 0 Å². The molecule has 0 radical (unpaired) electrons. The van der Waals surface area contributed by atoms with E-state index in [1.807, 2.05) is 53.4 Å². The quantitative estimate of drug-likeness (QED) is 0.628. The molecule has 1 amide bonds. The normalized spacial score (nSPS) is 16.3. The molecule has 0 saturated carbocycles. The Hall–Kier alpha value is -3.61. The van der Waals surface area contributed by atoms with E-state index in [2.05, 4.69) is 14.9 Å². The molecule has 152 valence electrons. The zero-order valence-electron chi connectivity index (χ0n) is 16.5. The van der Waals surface area contributed by atoms with Crippen LogP contribution in [-0.2, 0) is 4.79 Å². The molecule has 0 atom stereocenters. The van der Waals surface area contributed by atoms with Crippen molar-refractivity contribution < 1.29 is 14.3 Å². The van der Waals surface area contributed by atoms with Crippen LogP contribution in [-0.4, -0.2) is 60.2 Å². The molecular formula is C23H22N4O3. The molecular weight excluding hydrogens is 380 g/mol. The van der Waals surface area contributed by atoms with Gasteiger partial charge in [-0.1, -0.05) is 30.3 Å². The van der Waals surface area contributed by atoms with E-state index in [9.17, 15) is 4.79 Å². The van der Waals surface area contributed by atoms with E-state index in [1.165, 1.54) is 0 Å². The molecule has 0 spiro atoms. The number of hydrogen-bond acceptors (Lipinski definition) is 6. The standard InChI is InChI=1S/C23H22N4O3/c28-22(7-6-17-4-2-1-3-5-17)26-8-10-27(11-9-26)23-18-14-20-21(30-13-12-29-20)15-19(18)24-16-25-23/h1-7,14-16H,8-13H2/b7-6+. The van der Waals surface area contributed by atoms with E-state index >= 15 is 0 Å². The summed E-state index contributed by atoms with van der Waals surface area (Å²) in [6.45, 7) is 3.81. The molecule has 2 aliphatic heterocycles. The molecule has 1 aromatic heterocycles. The molecule has 1 saturated heterocycles. The summed E-state index contributed by atoms with van der Waals surface area (Å²) in [5, 5.41) is 0.936. The maximum atomic E-state index is 12.6. The molecule has 0 bridgehead atoms. The molecule has 1 fully saturated rings. The van der Waals surface area contributed by atoms with Crippen molar-refractivity contribution in [1.29, 1.82) is 0 Å². The third-order valence-electron chi connectivity index (χ3n) is 5.39. The highest BCUT2D eigenvalue weighted by atomic mass is 16.6. The Labute approximate surface area is 174 Å². The molecule has 0 aliphatic carbocycles. The van der Waals surface area contributed by atoms with Crippen LogP contribution in [0.4, 0.5) is 5.82 Å². The third-order valence-corrected chi connectivity index (χ3v) is 5.39. The number of amides is 1. The van der Waals surface area contributed by atoms with Crippen molar-refractivity contribution in [1.82, 2.24) is 14.9 Å². The molecule has 0 N–H and O–H groups in total. The molecule has 0 unspecified atom stereocenters. The molecule has 3 aromatic rings. The summed E-state index contributed by atoms with van der Waals surface area (Å²) in [4.78, 5) is 25.5. The smallest absolute Gasteiger partial charge is 0.246 e. The lowest BCUT2D eigenvalue weighted by molar-refractivity contribution is -0.126. The zero-order chi connectivity index (χ0) is 20.3. The Morgan fingerprint density at radius 2 is 1.67 bits per heavy atom. The van der Waals surface area contributed by atoms with E-state index < -0.39 is 0 Å². The molecule has 2 aliphatic rings. The Bertz CT molecular complexity index is 1090. The van der Waals surface area contributed by atoms with E-state index in [0.29, 0.717) is 39.4 Å². The third kappa shape index (κ3) is 3.66. The number of rotatable bonds is 3. The average molecular weight is 402 g/mol. The van der Waals surface area contributed by atoms with Gasteiger partial charge in [0.25, 0.3) is 0 Å². The first-order valence-electron chi connectivity index (χ1n) is 10.1. The first-order valence-corrected chi connectivity index (χ1v) is 10.1. The molecule has 5 rings (SSSR count). The number of fused-ring (bicyclic) bond motifs is 2. The topological polar surface area (TPSA) is 67.8 Å². The molecule has 7 heteroatoms. The predicted octanol–water partition coefficient (Wildman–Crippen LogP) is 2.76. The maximum Gasteiger partial charge on any atom is 0.246 e. The van der Waals surface area contributed by atoms with Crippen molar-refractivity contribution in [2.75, 3.05) is 44.3 Å². The molecule has 7 nitrogen and oxygen atoms in total. The SMILES string of the molecule is O=C(/C=C/c1ccccc1)N1CCN(c2ncnc3cc4c(cc23)OCCO4)CC1. The summed E-state index contributed by atoms with van der Waals surface area (Å²) in [6.07, 6.45) is 5.08. The van der Waals surface area contributed by atoms with Gasteiger partial charge in [0, 0.05) is 43.7 Å². The van der Waals surface area contributed by atoms with Crippen LogP contribution in [0.15, 0.2) is 54.9 Å². The van der Waals surface area contributed by atoms with Gasteiger partial charge in [0.1, 0.15) is 25.4 Å². The minimum atomic E-state index is 0.0330. The Kier molecular flexibility index (Phi) is 4.93. The number of nitrogens with zero attached hydrogens (tertiary/aromatic N) is 4. The van der Waals surface area contributed by atoms with E-state index in [4.69, 9.17) is 9.47 Å². The van der Waals surface area contributed by atoms with Crippen LogP contribution in [0.3, 0.4) is 0 Å². The summed E-state index contributed by atoms with van der Waals surface area (Å²) in [6, 6.07) is 13.7. The lowest BCUT2D eigenvalue weighted by atomic mass is 10.1. The van der Waals surface area contributed by atoms with Gasteiger partial charge in [0.05, 0.1) is 5.52 Å². The van der Waals surface area contributed by atoms with Gasteiger partial charge in [0.15, 0.2) is 11.5 Å². The second kappa shape index (κ2) is 8.02. The summed E-state index contributed by atoms with van der Waals surface area (Å²) >= 11 is 0. The van der Waals surface area contributed by atoms with Crippen LogP contribution in [0.2, 0.25) is 0 Å². The summed E-state index contributed by atoms with van der Waals surface area (Å²) < 4.78 is 11.4. The van der Waals surface area contributed by atoms with Crippen LogP contribution < -0.4 is 14.4 Å². The van der Waals surface area contributed by atoms with Gasteiger partial charge in [-0.3, -0.25) is 4.79 Å². The van der Waals surface area contributed by atoms with Gasteiger partial charge in [-0.15, -0.1) is 0 Å². The largest absolute Gasteiger partial charge is 0.486 e. The second-order valence-corrected chi connectivity index (χ2v) is 7.27. The van der Waals surface area contributed by atoms with Crippen molar-refractivity contribution >= 4 is 28.7 Å². The van der Waals surface area contributed by atoms with Gasteiger partial charge in [-0.05, 0) is 17.7 Å². The number of carbonyl (C=O) groups excluding carboxylic acids is 1. The maximum absolute atomic E-state index is 12.6. The van der Waals surface area contributed by atoms with Crippen molar-refractivity contribution in [3.63, 3.8) is 0 Å². The zero-order valence-corrected chi connectivity index (χ0v) is 16.5. The molecule has 2 aromatic carbocycles. The van der Waals surface area contributed by atoms with E-state index in [0.717, 1.165) is 33.8 Å². The summed E-state index contributed by atoms with van der Waals surface area (Å²) in [5.74, 6) is 2.35. The van der Waals surface area contributed by atoms with Crippen LogP contribution in [0.1, 0.15) is 5.56 Å². The highest BCUT2D eigenvalue weighted by Gasteiger charge is 2.23. The van der Waals surface area contributed by atoms with Gasteiger partial charge < -0.3 is 19.3 Å². The van der Waals surface area contributed by atoms with Crippen LogP contribution in [0.5, 0.6) is 11.5 Å². The fourth-order valence-electron chi connectivity index (χ4n) is 3.81. The Balaban J connectivity index is 1.30. The van der Waals surface area contributed by atoms with E-state index in [-0.39, 0.29) is 5.91 Å². The predicted molar refractivity (Wildman–Crippen MR) is 115 cm³/mol. The number of aromatic nitrogens is 2. The minimum Gasteiger partial charge on any atom is -0.486 e. The van der Waals surface area contributed by atoms with Crippen molar-refractivity contribution in [2.24, 2.45) is 0 Å². The van der Waals surface area contributed by atoms with E-state index in [1.54, 1.807) is 12.4 Å². The van der Waals surface area contributed by atoms with Crippen LogP contribution in [0, 0.1) is 0 Å². The van der Waals surface area contributed by atoms with Gasteiger partial charge in [0.2, 0.25) is 5.91 Å². The summed E-state index contributed by atoms with van der Waals surface area (Å²) in [7, 11) is 0. The minimum absolute atomic E-state index is 0.0330. The van der Waals surface area contributed by atoms with Crippen molar-refractivity contribution in [3.05, 3.63) is 60.4 Å². The lowest BCUT2D eigenvalue weighted by Crippen LogP contribution is -2.48. The first-order chi connectivity index (χ1) is 14.8. The van der Waals surface area contributed by atoms with Crippen molar-refractivity contribution in [3.8, 4) is 11.5 Å². The number of benzene rings is 2. The Morgan fingerprint density at radius 1 is 0.933 bits per heavy atom. The Morgan fingerprint density at radius 3 is 2.43 bits per heavy atom. The number of piperazine rings is 1. The van der Waals surface area contributed by atoms with Crippen molar-refractivity contribution in [2.45, 2.75) is 0 Å². The molecule has 30 heavy (non-hydrogen) atoms. The van der Waals surface area contributed by atoms with Gasteiger partial charge in [-0.2, -0.15) is 0 Å². The number of anilines is 1. The van der Waals surface area contributed by atoms with Crippen LogP contribution >= 0.6 is 0 Å². The van der Waals surface area contributed by atoms with Gasteiger partial charge in [-0.25, -0.2) is 9.97 Å². The highest BCUT2D eigenvalue weighted by Crippen LogP contribution is 2.36. The number of carbonyl (C=O) groups is 1. The number of hydrogen-bond donors (Lipinski definition) is 0. The van der Waals surface area contributed by atoms with Crippen LogP contribution in [0.25, 0.3) is 17.0 Å². The molecule has 3 heterocycles. The second-order valence-electron chi connectivity index (χ2n) is 7.27. The highest BCUT2D eigenvalue weighted by molar-refractivity contribution is 5.93. The summed E-state index contributed by atoms with van der Waals surface area (Å²) in [5.41, 5.74) is 1.85. The monoisotopic (exact) mass is 402 g/mol.